The number of rotatable bonds is 7. The Morgan fingerprint density at radius 2 is 1.90 bits per heavy atom. The molecule has 0 spiro atoms. The molecule has 1 N–H and O–H groups in total. The topological polar surface area (TPSA) is 81.3 Å². The second-order valence-electron chi connectivity index (χ2n) is 7.32. The fourth-order valence-corrected chi connectivity index (χ4v) is 3.48. The highest BCUT2D eigenvalue weighted by atomic mass is 19.1. The highest BCUT2D eigenvalue weighted by molar-refractivity contribution is 5.76. The highest BCUT2D eigenvalue weighted by Crippen LogP contribution is 2.12. The number of carbonyl (C=O) groups is 1. The van der Waals surface area contributed by atoms with Crippen LogP contribution in [0.25, 0.3) is 11.3 Å². The van der Waals surface area contributed by atoms with E-state index in [1.165, 1.54) is 16.7 Å². The average Bonchev–Trinajstić information content (AvgIpc) is 3.18. The van der Waals surface area contributed by atoms with Gasteiger partial charge < -0.3 is 5.32 Å². The summed E-state index contributed by atoms with van der Waals surface area (Å²) in [5.41, 5.74) is 1.24. The van der Waals surface area contributed by atoms with Crippen molar-refractivity contribution in [2.45, 2.75) is 32.2 Å². The molecule has 0 aliphatic carbocycles. The lowest BCUT2D eigenvalue weighted by molar-refractivity contribution is -0.121. The highest BCUT2D eigenvalue weighted by Gasteiger charge is 2.13. The number of aromatic nitrogens is 4. The molecule has 0 bridgehead atoms. The summed E-state index contributed by atoms with van der Waals surface area (Å²) in [5.74, 6) is 0.132. The molecule has 0 unspecified atom stereocenters. The van der Waals surface area contributed by atoms with Gasteiger partial charge >= 0.3 is 5.56 Å². The Hall–Kier alpha value is -3.81. The summed E-state index contributed by atoms with van der Waals surface area (Å²) in [6.45, 7) is 1.95. The molecule has 0 saturated carbocycles. The van der Waals surface area contributed by atoms with Gasteiger partial charge in [-0.1, -0.05) is 36.4 Å². The SMILES string of the molecule is C[C@H](NC(=O)CCCc1nnc2c(=O)n(-c3cccc(F)c3)ccn12)c1ccccc1. The summed E-state index contributed by atoms with van der Waals surface area (Å²) in [6.07, 6.45) is 4.64. The van der Waals surface area contributed by atoms with Gasteiger partial charge in [-0.3, -0.25) is 18.6 Å². The fraction of sp³-hybridized carbons (Fsp3) is 0.217. The molecule has 1 atom stereocenters. The van der Waals surface area contributed by atoms with Crippen molar-refractivity contribution in [3.05, 3.63) is 94.5 Å². The minimum absolute atomic E-state index is 0.0429. The van der Waals surface area contributed by atoms with Gasteiger partial charge in [0.25, 0.3) is 0 Å². The van der Waals surface area contributed by atoms with Gasteiger partial charge in [-0.25, -0.2) is 4.39 Å². The smallest absolute Gasteiger partial charge is 0.300 e. The maximum Gasteiger partial charge on any atom is 0.300 e. The predicted molar refractivity (Wildman–Crippen MR) is 114 cm³/mol. The molecular weight excluding hydrogens is 397 g/mol. The third-order valence-electron chi connectivity index (χ3n) is 5.11. The molecule has 0 fully saturated rings. The Morgan fingerprint density at radius 1 is 1.10 bits per heavy atom. The lowest BCUT2D eigenvalue weighted by Gasteiger charge is -2.14. The number of halogens is 1. The molecule has 0 radical (unpaired) electrons. The molecule has 2 heterocycles. The number of carbonyl (C=O) groups excluding carboxylic acids is 1. The van der Waals surface area contributed by atoms with Crippen molar-refractivity contribution in [3.63, 3.8) is 0 Å². The van der Waals surface area contributed by atoms with Crippen LogP contribution < -0.4 is 10.9 Å². The monoisotopic (exact) mass is 419 g/mol. The summed E-state index contributed by atoms with van der Waals surface area (Å²) in [6, 6.07) is 15.5. The van der Waals surface area contributed by atoms with Crippen LogP contribution in [0.1, 0.15) is 37.2 Å². The molecule has 2 aromatic heterocycles. The van der Waals surface area contributed by atoms with E-state index in [1.54, 1.807) is 28.9 Å². The van der Waals surface area contributed by atoms with E-state index in [-0.39, 0.29) is 23.2 Å². The summed E-state index contributed by atoms with van der Waals surface area (Å²) in [7, 11) is 0. The van der Waals surface area contributed by atoms with Crippen molar-refractivity contribution in [2.75, 3.05) is 0 Å². The minimum Gasteiger partial charge on any atom is -0.350 e. The van der Waals surface area contributed by atoms with Gasteiger partial charge in [0.1, 0.15) is 11.6 Å². The first kappa shape index (κ1) is 20.5. The van der Waals surface area contributed by atoms with E-state index in [1.807, 2.05) is 37.3 Å². The lowest BCUT2D eigenvalue weighted by atomic mass is 10.1. The van der Waals surface area contributed by atoms with Crippen LogP contribution >= 0.6 is 0 Å². The summed E-state index contributed by atoms with van der Waals surface area (Å²) in [5, 5.41) is 11.1. The van der Waals surface area contributed by atoms with Gasteiger partial charge in [0, 0.05) is 25.2 Å². The first-order valence-corrected chi connectivity index (χ1v) is 10.1. The minimum atomic E-state index is -0.425. The van der Waals surface area contributed by atoms with Gasteiger partial charge in [-0.05, 0) is 37.1 Å². The Bertz CT molecular complexity index is 1270. The summed E-state index contributed by atoms with van der Waals surface area (Å²) >= 11 is 0. The molecule has 7 nitrogen and oxygen atoms in total. The standard InChI is InChI=1S/C23H22FN5O2/c1-16(17-7-3-2-4-8-17)25-21(30)12-6-11-20-26-27-22-23(31)28(13-14-29(20)22)19-10-5-9-18(24)15-19/h2-5,7-10,13-16H,6,11-12H2,1H3,(H,25,30)/t16-/m0/s1. The van der Waals surface area contributed by atoms with Crippen molar-refractivity contribution in [2.24, 2.45) is 0 Å². The zero-order chi connectivity index (χ0) is 21.8. The first-order valence-electron chi connectivity index (χ1n) is 10.1. The molecule has 1 amide bonds. The Balaban J connectivity index is 1.41. The van der Waals surface area contributed by atoms with E-state index in [2.05, 4.69) is 15.5 Å². The second-order valence-corrected chi connectivity index (χ2v) is 7.32. The molecule has 31 heavy (non-hydrogen) atoms. The summed E-state index contributed by atoms with van der Waals surface area (Å²) in [4.78, 5) is 25.0. The van der Waals surface area contributed by atoms with Crippen LogP contribution in [0.15, 0.2) is 71.8 Å². The molecule has 0 saturated heterocycles. The predicted octanol–water partition coefficient (Wildman–Crippen LogP) is 3.22. The van der Waals surface area contributed by atoms with Crippen LogP contribution in [0.3, 0.4) is 0 Å². The van der Waals surface area contributed by atoms with E-state index in [4.69, 9.17) is 0 Å². The van der Waals surface area contributed by atoms with Gasteiger partial charge in [0.2, 0.25) is 11.6 Å². The van der Waals surface area contributed by atoms with Gasteiger partial charge in [-0.2, -0.15) is 0 Å². The first-order chi connectivity index (χ1) is 15.0. The van der Waals surface area contributed by atoms with E-state index in [0.717, 1.165) is 5.56 Å². The number of nitrogens with one attached hydrogen (secondary N) is 1. The van der Waals surface area contributed by atoms with Crippen molar-refractivity contribution in [3.8, 4) is 5.69 Å². The molecule has 2 aromatic carbocycles. The zero-order valence-corrected chi connectivity index (χ0v) is 17.0. The van der Waals surface area contributed by atoms with Crippen molar-refractivity contribution in [1.29, 1.82) is 0 Å². The third-order valence-corrected chi connectivity index (χ3v) is 5.11. The molecule has 8 heteroatoms. The number of nitrogens with zero attached hydrogens (tertiary/aromatic N) is 4. The maximum absolute atomic E-state index is 13.5. The number of fused-ring (bicyclic) bond motifs is 1. The number of amides is 1. The van der Waals surface area contributed by atoms with E-state index >= 15 is 0 Å². The Morgan fingerprint density at radius 3 is 2.68 bits per heavy atom. The van der Waals surface area contributed by atoms with Crippen molar-refractivity contribution < 1.29 is 9.18 Å². The molecular formula is C23H22FN5O2. The molecule has 0 aliphatic heterocycles. The zero-order valence-electron chi connectivity index (χ0n) is 17.0. The lowest BCUT2D eigenvalue weighted by Crippen LogP contribution is -2.26. The van der Waals surface area contributed by atoms with Crippen LogP contribution in [0.2, 0.25) is 0 Å². The number of hydrogen-bond donors (Lipinski definition) is 1. The van der Waals surface area contributed by atoms with Gasteiger partial charge in [-0.15, -0.1) is 10.2 Å². The number of benzene rings is 2. The van der Waals surface area contributed by atoms with Gasteiger partial charge in [0.15, 0.2) is 0 Å². The Kier molecular flexibility index (Phi) is 5.88. The van der Waals surface area contributed by atoms with Crippen LogP contribution in [0.5, 0.6) is 0 Å². The van der Waals surface area contributed by atoms with E-state index < -0.39 is 5.82 Å². The van der Waals surface area contributed by atoms with Crippen LogP contribution in [0.4, 0.5) is 4.39 Å². The number of aryl methyl sites for hydroxylation is 1. The summed E-state index contributed by atoms with van der Waals surface area (Å²) < 4.78 is 16.4. The Labute approximate surface area is 178 Å². The van der Waals surface area contributed by atoms with Crippen molar-refractivity contribution >= 4 is 11.6 Å². The van der Waals surface area contributed by atoms with E-state index in [0.29, 0.717) is 30.8 Å². The second kappa shape index (κ2) is 8.91. The quantitative estimate of drug-likeness (QED) is 0.499. The molecule has 158 valence electrons. The largest absolute Gasteiger partial charge is 0.350 e. The fourth-order valence-electron chi connectivity index (χ4n) is 3.48. The van der Waals surface area contributed by atoms with Crippen LogP contribution in [-0.4, -0.2) is 25.1 Å². The van der Waals surface area contributed by atoms with Crippen molar-refractivity contribution in [1.82, 2.24) is 24.5 Å². The normalized spacial score (nSPS) is 12.1. The van der Waals surface area contributed by atoms with E-state index in [9.17, 15) is 14.0 Å². The van der Waals surface area contributed by atoms with Crippen LogP contribution in [0, 0.1) is 5.82 Å². The number of hydrogen-bond acceptors (Lipinski definition) is 4. The molecule has 0 aliphatic rings. The van der Waals surface area contributed by atoms with Crippen LogP contribution in [-0.2, 0) is 11.2 Å². The third kappa shape index (κ3) is 4.53. The molecule has 4 aromatic rings. The molecule has 4 rings (SSSR count). The maximum atomic E-state index is 13.5. The van der Waals surface area contributed by atoms with Gasteiger partial charge in [0.05, 0.1) is 11.7 Å². The average molecular weight is 419 g/mol.